The number of nitrogens with zero attached hydrogens (tertiary/aromatic N) is 2. The largest absolute Gasteiger partial charge is 0.433 e. The highest BCUT2D eigenvalue weighted by molar-refractivity contribution is 5.71. The minimum Gasteiger partial charge on any atom is -0.352 e. The number of carbonyl (C=O) groups excluding carboxylic acids is 1. The van der Waals surface area contributed by atoms with Gasteiger partial charge in [-0.25, -0.2) is 14.8 Å². The van der Waals surface area contributed by atoms with Crippen LogP contribution in [0.2, 0.25) is 0 Å². The molecule has 0 bridgehead atoms. The standard InChI is InChI=1S/C8H10F3N5O/c9-8(10,11)5-1-2-14-7(16-5)15-4-3-13-6(12)17/h1-2H,3-4H2,(H3,12,13,17)(H,14,15,16). The van der Waals surface area contributed by atoms with Gasteiger partial charge in [0.25, 0.3) is 0 Å². The van der Waals surface area contributed by atoms with E-state index in [0.29, 0.717) is 0 Å². The Bertz CT molecular complexity index is 395. The number of halogens is 3. The number of primary amides is 1. The number of aromatic nitrogens is 2. The SMILES string of the molecule is NC(=O)NCCNc1nccc(C(F)(F)F)n1. The molecule has 0 saturated heterocycles. The third-order valence-electron chi connectivity index (χ3n) is 1.65. The number of nitrogens with one attached hydrogen (secondary N) is 2. The summed E-state index contributed by atoms with van der Waals surface area (Å²) < 4.78 is 36.8. The van der Waals surface area contributed by atoms with Crippen LogP contribution in [0.3, 0.4) is 0 Å². The number of hydrogen-bond acceptors (Lipinski definition) is 4. The Balaban J connectivity index is 2.52. The van der Waals surface area contributed by atoms with Crippen LogP contribution in [-0.4, -0.2) is 29.1 Å². The number of nitrogens with two attached hydrogens (primary N) is 1. The van der Waals surface area contributed by atoms with Gasteiger partial charge in [-0.05, 0) is 6.07 Å². The Morgan fingerprint density at radius 3 is 2.71 bits per heavy atom. The highest BCUT2D eigenvalue weighted by Gasteiger charge is 2.32. The lowest BCUT2D eigenvalue weighted by atomic mass is 10.4. The molecule has 6 nitrogen and oxygen atoms in total. The van der Waals surface area contributed by atoms with Gasteiger partial charge in [0, 0.05) is 19.3 Å². The van der Waals surface area contributed by atoms with Gasteiger partial charge in [-0.15, -0.1) is 0 Å². The molecule has 0 fully saturated rings. The highest BCUT2D eigenvalue weighted by Crippen LogP contribution is 2.27. The van der Waals surface area contributed by atoms with Crippen molar-refractivity contribution in [2.45, 2.75) is 6.18 Å². The van der Waals surface area contributed by atoms with E-state index in [-0.39, 0.29) is 19.0 Å². The first kappa shape index (κ1) is 13.0. The summed E-state index contributed by atoms with van der Waals surface area (Å²) in [7, 11) is 0. The van der Waals surface area contributed by atoms with E-state index >= 15 is 0 Å². The summed E-state index contributed by atoms with van der Waals surface area (Å²) in [6.07, 6.45) is -3.51. The smallest absolute Gasteiger partial charge is 0.352 e. The number of amides is 2. The van der Waals surface area contributed by atoms with Crippen LogP contribution in [0.25, 0.3) is 0 Å². The molecule has 0 radical (unpaired) electrons. The van der Waals surface area contributed by atoms with Crippen LogP contribution in [0, 0.1) is 0 Å². The van der Waals surface area contributed by atoms with Crippen molar-refractivity contribution in [1.82, 2.24) is 15.3 Å². The van der Waals surface area contributed by atoms with E-state index < -0.39 is 17.9 Å². The fourth-order valence-corrected chi connectivity index (χ4v) is 0.962. The maximum absolute atomic E-state index is 12.3. The molecule has 0 unspecified atom stereocenters. The first-order valence-electron chi connectivity index (χ1n) is 4.57. The number of alkyl halides is 3. The minimum atomic E-state index is -4.51. The molecule has 0 aliphatic heterocycles. The van der Waals surface area contributed by atoms with Crippen molar-refractivity contribution in [3.8, 4) is 0 Å². The molecule has 1 heterocycles. The van der Waals surface area contributed by atoms with Crippen molar-refractivity contribution in [2.75, 3.05) is 18.4 Å². The van der Waals surface area contributed by atoms with Crippen LogP contribution < -0.4 is 16.4 Å². The van der Waals surface area contributed by atoms with Crippen LogP contribution in [0.5, 0.6) is 0 Å². The predicted molar refractivity (Wildman–Crippen MR) is 53.1 cm³/mol. The summed E-state index contributed by atoms with van der Waals surface area (Å²) >= 11 is 0. The molecule has 1 aromatic rings. The van der Waals surface area contributed by atoms with Crippen LogP contribution >= 0.6 is 0 Å². The monoisotopic (exact) mass is 249 g/mol. The molecule has 0 aliphatic carbocycles. The molecule has 0 saturated carbocycles. The van der Waals surface area contributed by atoms with Crippen molar-refractivity contribution in [1.29, 1.82) is 0 Å². The summed E-state index contributed by atoms with van der Waals surface area (Å²) in [6.45, 7) is 0.333. The highest BCUT2D eigenvalue weighted by atomic mass is 19.4. The molecule has 1 aromatic heterocycles. The molecule has 2 amide bonds. The maximum Gasteiger partial charge on any atom is 0.433 e. The molecule has 0 aromatic carbocycles. The Labute approximate surface area is 94.4 Å². The second-order valence-electron chi connectivity index (χ2n) is 2.98. The van der Waals surface area contributed by atoms with Crippen molar-refractivity contribution in [2.24, 2.45) is 5.73 Å². The lowest BCUT2D eigenvalue weighted by molar-refractivity contribution is -0.141. The van der Waals surface area contributed by atoms with Crippen LogP contribution in [0.1, 0.15) is 5.69 Å². The summed E-state index contributed by atoms with van der Waals surface area (Å²) in [6, 6.07) is 0.0593. The van der Waals surface area contributed by atoms with Gasteiger partial charge in [0.15, 0.2) is 0 Å². The van der Waals surface area contributed by atoms with E-state index in [1.807, 2.05) is 0 Å². The number of anilines is 1. The zero-order valence-electron chi connectivity index (χ0n) is 8.58. The van der Waals surface area contributed by atoms with E-state index in [4.69, 9.17) is 5.73 Å². The molecule has 4 N–H and O–H groups in total. The lowest BCUT2D eigenvalue weighted by Crippen LogP contribution is -2.33. The third kappa shape index (κ3) is 4.53. The number of urea groups is 1. The average Bonchev–Trinajstić information content (AvgIpc) is 2.23. The van der Waals surface area contributed by atoms with Crippen molar-refractivity contribution in [3.63, 3.8) is 0 Å². The van der Waals surface area contributed by atoms with Gasteiger partial charge >= 0.3 is 12.2 Å². The number of carbonyl (C=O) groups is 1. The summed E-state index contributed by atoms with van der Waals surface area (Å²) in [5.74, 6) is -0.161. The van der Waals surface area contributed by atoms with Crippen LogP contribution in [0.15, 0.2) is 12.3 Å². The number of hydrogen-bond donors (Lipinski definition) is 3. The average molecular weight is 249 g/mol. The van der Waals surface area contributed by atoms with Crippen molar-refractivity contribution < 1.29 is 18.0 Å². The van der Waals surface area contributed by atoms with Crippen molar-refractivity contribution in [3.05, 3.63) is 18.0 Å². The Kier molecular flexibility index (Phi) is 4.07. The summed E-state index contributed by atoms with van der Waals surface area (Å²) in [5, 5.41) is 4.78. The molecule has 17 heavy (non-hydrogen) atoms. The van der Waals surface area contributed by atoms with Gasteiger partial charge in [-0.3, -0.25) is 0 Å². The molecule has 1 rings (SSSR count). The van der Waals surface area contributed by atoms with E-state index in [1.165, 1.54) is 0 Å². The Hall–Kier alpha value is -2.06. The fourth-order valence-electron chi connectivity index (χ4n) is 0.962. The second kappa shape index (κ2) is 5.32. The molecule has 94 valence electrons. The van der Waals surface area contributed by atoms with E-state index in [9.17, 15) is 18.0 Å². The van der Waals surface area contributed by atoms with E-state index in [1.54, 1.807) is 0 Å². The second-order valence-corrected chi connectivity index (χ2v) is 2.98. The quantitative estimate of drug-likeness (QED) is 0.680. The Morgan fingerprint density at radius 1 is 1.41 bits per heavy atom. The predicted octanol–water partition coefficient (Wildman–Crippen LogP) is 0.576. The fraction of sp³-hybridized carbons (Fsp3) is 0.375. The van der Waals surface area contributed by atoms with Gasteiger partial charge in [0.1, 0.15) is 5.69 Å². The molecular formula is C8H10F3N5O. The first-order chi connectivity index (χ1) is 7.89. The third-order valence-corrected chi connectivity index (χ3v) is 1.65. The zero-order chi connectivity index (χ0) is 12.9. The van der Waals surface area contributed by atoms with Gasteiger partial charge in [0.05, 0.1) is 0 Å². The minimum absolute atomic E-state index is 0.161. The molecular weight excluding hydrogens is 239 g/mol. The van der Waals surface area contributed by atoms with Gasteiger partial charge in [-0.2, -0.15) is 13.2 Å². The van der Waals surface area contributed by atoms with E-state index in [2.05, 4.69) is 20.6 Å². The van der Waals surface area contributed by atoms with Crippen LogP contribution in [0.4, 0.5) is 23.9 Å². The molecule has 9 heteroatoms. The molecule has 0 aliphatic rings. The normalized spacial score (nSPS) is 11.0. The van der Waals surface area contributed by atoms with Crippen LogP contribution in [-0.2, 0) is 6.18 Å². The van der Waals surface area contributed by atoms with Crippen molar-refractivity contribution >= 4 is 12.0 Å². The first-order valence-corrected chi connectivity index (χ1v) is 4.57. The van der Waals surface area contributed by atoms with Gasteiger partial charge in [0.2, 0.25) is 5.95 Å². The lowest BCUT2D eigenvalue weighted by Gasteiger charge is -2.08. The maximum atomic E-state index is 12.3. The topological polar surface area (TPSA) is 92.9 Å². The molecule has 0 atom stereocenters. The molecule has 0 spiro atoms. The zero-order valence-corrected chi connectivity index (χ0v) is 8.58. The van der Waals surface area contributed by atoms with Gasteiger partial charge in [-0.1, -0.05) is 0 Å². The Morgan fingerprint density at radius 2 is 2.12 bits per heavy atom. The number of rotatable bonds is 4. The summed E-state index contributed by atoms with van der Waals surface area (Å²) in [5.41, 5.74) is 3.77. The van der Waals surface area contributed by atoms with E-state index in [0.717, 1.165) is 12.3 Å². The summed E-state index contributed by atoms with van der Waals surface area (Å²) in [4.78, 5) is 17.2. The van der Waals surface area contributed by atoms with Gasteiger partial charge < -0.3 is 16.4 Å².